The Bertz CT molecular complexity index is 990. The third-order valence-corrected chi connectivity index (χ3v) is 9.87. The summed E-state index contributed by atoms with van der Waals surface area (Å²) in [5.74, 6) is 1.97. The van der Waals surface area contributed by atoms with Crippen LogP contribution in [0.2, 0.25) is 0 Å². The Balaban J connectivity index is 0.000000552. The van der Waals surface area contributed by atoms with Crippen LogP contribution in [0.4, 0.5) is 8.78 Å². The molecule has 6 heteroatoms. The van der Waals surface area contributed by atoms with Crippen LogP contribution in [0.3, 0.4) is 0 Å². The van der Waals surface area contributed by atoms with E-state index in [9.17, 15) is 8.78 Å². The Kier molecular flexibility index (Phi) is 20.0. The maximum absolute atomic E-state index is 12.3. The van der Waals surface area contributed by atoms with Gasteiger partial charge >= 0.3 is 6.11 Å². The monoisotopic (exact) mass is 650 g/mol. The Morgan fingerprint density at radius 2 is 1.50 bits per heavy atom. The number of rotatable bonds is 9. The fourth-order valence-corrected chi connectivity index (χ4v) is 6.33. The third-order valence-electron chi connectivity index (χ3n) is 9.87. The Labute approximate surface area is 282 Å². The number of benzene rings is 1. The number of halogens is 2. The normalized spacial score (nSPS) is 20.5. The van der Waals surface area contributed by atoms with E-state index >= 15 is 0 Å². The molecule has 2 heterocycles. The molecule has 1 saturated carbocycles. The largest absolute Gasteiger partial charge is 0.491 e. The van der Waals surface area contributed by atoms with Crippen LogP contribution in [0, 0.1) is 18.3 Å². The van der Waals surface area contributed by atoms with Crippen LogP contribution in [0.15, 0.2) is 47.2 Å². The fraction of sp³-hybridized carbons (Fsp3) is 0.750. The predicted octanol–water partition coefficient (Wildman–Crippen LogP) is 11.9. The molecule has 46 heavy (non-hydrogen) atoms. The van der Waals surface area contributed by atoms with Crippen LogP contribution in [-0.2, 0) is 9.47 Å². The van der Waals surface area contributed by atoms with Gasteiger partial charge in [-0.3, -0.25) is 0 Å². The van der Waals surface area contributed by atoms with Gasteiger partial charge < -0.3 is 19.1 Å². The van der Waals surface area contributed by atoms with Crippen LogP contribution >= 0.6 is 0 Å². The second-order valence-electron chi connectivity index (χ2n) is 13.1. The van der Waals surface area contributed by atoms with Crippen molar-refractivity contribution in [3.8, 4) is 5.75 Å². The van der Waals surface area contributed by atoms with E-state index < -0.39 is 6.11 Å². The number of ether oxygens (including phenoxy) is 3. The molecule has 0 bridgehead atoms. The van der Waals surface area contributed by atoms with Crippen molar-refractivity contribution in [3.05, 3.63) is 52.8 Å². The maximum atomic E-state index is 12.3. The van der Waals surface area contributed by atoms with E-state index in [0.29, 0.717) is 24.4 Å². The summed E-state index contributed by atoms with van der Waals surface area (Å²) in [5, 5.41) is 0. The van der Waals surface area contributed by atoms with Gasteiger partial charge in [-0.1, -0.05) is 71.7 Å². The molecule has 0 N–H and O–H groups in total. The molecule has 1 spiro atoms. The summed E-state index contributed by atoms with van der Waals surface area (Å²) >= 11 is 0. The smallest absolute Gasteiger partial charge is 0.394 e. The number of allylic oxidation sites excluding steroid dienone is 3. The SMILES string of the molecule is CC.CC.CCC(C)=C(/C=C(/C)C(C)CC)OC1CCC2(CC1)CCN(C1CCOCC1)CC2.Cc1ccc(OC(C)(F)F)cc1. The molecular weight excluding hydrogens is 580 g/mol. The molecule has 4 rings (SSSR count). The molecule has 0 aromatic heterocycles. The van der Waals surface area contributed by atoms with Crippen molar-refractivity contribution in [1.29, 1.82) is 0 Å². The lowest BCUT2D eigenvalue weighted by Gasteiger charge is -2.48. The van der Waals surface area contributed by atoms with Crippen molar-refractivity contribution in [1.82, 2.24) is 4.90 Å². The summed E-state index contributed by atoms with van der Waals surface area (Å²) in [6.07, 6.45) is 12.3. The molecule has 1 aromatic rings. The van der Waals surface area contributed by atoms with E-state index in [1.54, 1.807) is 12.1 Å². The van der Waals surface area contributed by atoms with E-state index in [1.807, 2.05) is 34.6 Å². The number of hydrogen-bond acceptors (Lipinski definition) is 4. The zero-order valence-corrected chi connectivity index (χ0v) is 31.4. The van der Waals surface area contributed by atoms with Crippen LogP contribution in [-0.4, -0.2) is 49.5 Å². The molecule has 1 atom stereocenters. The molecule has 2 saturated heterocycles. The average Bonchev–Trinajstić information content (AvgIpc) is 3.08. The highest BCUT2D eigenvalue weighted by Gasteiger charge is 2.40. The number of piperidine rings is 1. The fourth-order valence-electron chi connectivity index (χ4n) is 6.33. The first-order chi connectivity index (χ1) is 21.9. The second-order valence-corrected chi connectivity index (χ2v) is 13.1. The minimum atomic E-state index is -3.10. The Morgan fingerprint density at radius 3 is 1.98 bits per heavy atom. The van der Waals surface area contributed by atoms with Gasteiger partial charge in [0.15, 0.2) is 0 Å². The summed E-state index contributed by atoms with van der Waals surface area (Å²) in [4.78, 5) is 2.77. The van der Waals surface area contributed by atoms with Crippen molar-refractivity contribution in [2.24, 2.45) is 11.3 Å². The van der Waals surface area contributed by atoms with Gasteiger partial charge in [0.25, 0.3) is 0 Å². The van der Waals surface area contributed by atoms with Crippen LogP contribution in [0.25, 0.3) is 0 Å². The van der Waals surface area contributed by atoms with Gasteiger partial charge in [0.1, 0.15) is 11.5 Å². The van der Waals surface area contributed by atoms with Crippen molar-refractivity contribution >= 4 is 0 Å². The lowest BCUT2D eigenvalue weighted by atomic mass is 9.67. The minimum Gasteiger partial charge on any atom is -0.491 e. The van der Waals surface area contributed by atoms with Gasteiger partial charge in [-0.2, -0.15) is 8.78 Å². The van der Waals surface area contributed by atoms with Crippen LogP contribution < -0.4 is 4.74 Å². The highest BCUT2D eigenvalue weighted by molar-refractivity contribution is 5.26. The van der Waals surface area contributed by atoms with Gasteiger partial charge in [-0.25, -0.2) is 0 Å². The Morgan fingerprint density at radius 1 is 0.957 bits per heavy atom. The van der Waals surface area contributed by atoms with E-state index in [0.717, 1.165) is 37.0 Å². The summed E-state index contributed by atoms with van der Waals surface area (Å²) < 4.78 is 41.1. The first kappa shape index (κ1) is 42.1. The zero-order chi connectivity index (χ0) is 34.8. The highest BCUT2D eigenvalue weighted by Crippen LogP contribution is 2.46. The number of likely N-dealkylation sites (tertiary alicyclic amines) is 1. The van der Waals surface area contributed by atoms with E-state index in [2.05, 4.69) is 50.3 Å². The van der Waals surface area contributed by atoms with Gasteiger partial charge in [-0.05, 0) is 133 Å². The van der Waals surface area contributed by atoms with Crippen molar-refractivity contribution in [2.75, 3.05) is 26.3 Å². The zero-order valence-electron chi connectivity index (χ0n) is 31.4. The molecule has 4 nitrogen and oxygen atoms in total. The van der Waals surface area contributed by atoms with Crippen molar-refractivity contribution in [2.45, 2.75) is 159 Å². The number of alkyl halides is 2. The van der Waals surface area contributed by atoms with Gasteiger partial charge in [0.2, 0.25) is 0 Å². The standard InChI is InChI=1S/C27H47NO2.C9H10F2O.2C2H6/c1-6-21(3)23(5)20-26(22(4)7-2)30-25-8-12-27(13-9-25)14-16-28(17-15-27)24-10-18-29-19-11-24;1-7-3-5-8(6-4-7)12-9(2,10)11;2*1-2/h20-21,24-25H,6-19H2,1-5H3;3-6H,1-2H3;2*1-2H3/b23-20-,26-22?;;;. The molecule has 2 aliphatic heterocycles. The van der Waals surface area contributed by atoms with Gasteiger partial charge in [0, 0.05) is 26.2 Å². The van der Waals surface area contributed by atoms with Gasteiger partial charge in [-0.15, -0.1) is 0 Å². The minimum absolute atomic E-state index is 0.188. The molecule has 266 valence electrons. The molecule has 3 aliphatic rings. The number of nitrogens with zero attached hydrogens (tertiary/aromatic N) is 1. The molecular formula is C40H69F2NO3. The molecule has 0 amide bonds. The molecule has 1 unspecified atom stereocenters. The maximum Gasteiger partial charge on any atom is 0.394 e. The van der Waals surface area contributed by atoms with E-state index in [4.69, 9.17) is 9.47 Å². The second kappa shape index (κ2) is 21.9. The Hall–Kier alpha value is -1.92. The summed E-state index contributed by atoms with van der Waals surface area (Å²) in [6, 6.07) is 7.27. The molecule has 1 aromatic carbocycles. The molecule has 3 fully saturated rings. The quantitative estimate of drug-likeness (QED) is 0.197. The average molecular weight is 650 g/mol. The third kappa shape index (κ3) is 14.9. The van der Waals surface area contributed by atoms with Crippen LogP contribution in [0.5, 0.6) is 5.75 Å². The van der Waals surface area contributed by atoms with Crippen LogP contribution in [0.1, 0.15) is 139 Å². The van der Waals surface area contributed by atoms with Crippen molar-refractivity contribution < 1.29 is 23.0 Å². The first-order valence-corrected chi connectivity index (χ1v) is 18.4. The van der Waals surface area contributed by atoms with Gasteiger partial charge in [0.05, 0.1) is 6.10 Å². The predicted molar refractivity (Wildman–Crippen MR) is 192 cm³/mol. The van der Waals surface area contributed by atoms with E-state index in [1.165, 1.54) is 94.2 Å². The highest BCUT2D eigenvalue weighted by atomic mass is 19.3. The number of hydrogen-bond donors (Lipinski definition) is 0. The number of aryl methyl sites for hydroxylation is 1. The molecule has 1 aliphatic carbocycles. The summed E-state index contributed by atoms with van der Waals surface area (Å²) in [7, 11) is 0. The first-order valence-electron chi connectivity index (χ1n) is 18.4. The topological polar surface area (TPSA) is 30.9 Å². The van der Waals surface area contributed by atoms with E-state index in [-0.39, 0.29) is 5.75 Å². The lowest BCUT2D eigenvalue weighted by Crippen LogP contribution is -2.48. The lowest BCUT2D eigenvalue weighted by molar-refractivity contribution is -0.158. The summed E-state index contributed by atoms with van der Waals surface area (Å²) in [5.41, 5.74) is 4.45. The summed E-state index contributed by atoms with van der Waals surface area (Å²) in [6.45, 7) is 26.5. The molecule has 0 radical (unpaired) electrons. The van der Waals surface area contributed by atoms with Crippen molar-refractivity contribution in [3.63, 3.8) is 0 Å².